The zero-order chi connectivity index (χ0) is 17.8. The summed E-state index contributed by atoms with van der Waals surface area (Å²) in [5.74, 6) is 0.822. The van der Waals surface area contributed by atoms with Crippen LogP contribution in [0, 0.1) is 6.92 Å². The number of thiocarbonyl (C=S) groups is 1. The molecule has 0 spiro atoms. The molecular weight excluding hydrogens is 350 g/mol. The van der Waals surface area contributed by atoms with E-state index in [9.17, 15) is 4.79 Å². The lowest BCUT2D eigenvalue weighted by Gasteiger charge is -2.14. The molecule has 5 heteroatoms. The Balaban J connectivity index is 1.70. The molecule has 0 bridgehead atoms. The Labute approximate surface area is 157 Å². The summed E-state index contributed by atoms with van der Waals surface area (Å²) in [5.41, 5.74) is 3.35. The zero-order valence-electron chi connectivity index (χ0n) is 14.2. The third-order valence-corrected chi connectivity index (χ3v) is 5.51. The standard InChI is InChI=1S/C20H19NO2S2/c1-14-5-3-4-6-16(14)13-18-19(22)21(20(24)25-18)12-11-15-7-9-17(23-2)10-8-15/h3-10,13H,11-12H2,1-2H3/b18-13-. The van der Waals surface area contributed by atoms with E-state index in [1.165, 1.54) is 11.8 Å². The van der Waals surface area contributed by atoms with E-state index in [4.69, 9.17) is 17.0 Å². The maximum atomic E-state index is 12.7. The van der Waals surface area contributed by atoms with E-state index in [0.717, 1.165) is 28.9 Å². The van der Waals surface area contributed by atoms with Gasteiger partial charge in [-0.2, -0.15) is 0 Å². The largest absolute Gasteiger partial charge is 0.497 e. The number of amides is 1. The van der Waals surface area contributed by atoms with Gasteiger partial charge in [0.05, 0.1) is 12.0 Å². The van der Waals surface area contributed by atoms with E-state index < -0.39 is 0 Å². The molecule has 0 N–H and O–H groups in total. The van der Waals surface area contributed by atoms with Gasteiger partial charge in [-0.05, 0) is 48.2 Å². The van der Waals surface area contributed by atoms with Crippen molar-refractivity contribution < 1.29 is 9.53 Å². The molecule has 1 saturated heterocycles. The lowest BCUT2D eigenvalue weighted by atomic mass is 10.1. The summed E-state index contributed by atoms with van der Waals surface area (Å²) in [6.07, 6.45) is 2.69. The fourth-order valence-corrected chi connectivity index (χ4v) is 3.92. The highest BCUT2D eigenvalue weighted by molar-refractivity contribution is 8.26. The molecule has 3 nitrogen and oxygen atoms in total. The van der Waals surface area contributed by atoms with E-state index in [1.807, 2.05) is 61.5 Å². The molecule has 3 rings (SSSR count). The first kappa shape index (κ1) is 17.7. The molecule has 1 amide bonds. The molecular formula is C20H19NO2S2. The van der Waals surface area contributed by atoms with Crippen LogP contribution in [0.2, 0.25) is 0 Å². The Morgan fingerprint density at radius 2 is 1.88 bits per heavy atom. The van der Waals surface area contributed by atoms with Crippen LogP contribution in [0.4, 0.5) is 0 Å². The Morgan fingerprint density at radius 3 is 2.56 bits per heavy atom. The van der Waals surface area contributed by atoms with Crippen LogP contribution in [0.3, 0.4) is 0 Å². The number of methoxy groups -OCH3 is 1. The van der Waals surface area contributed by atoms with Gasteiger partial charge in [-0.1, -0.05) is 60.4 Å². The predicted octanol–water partition coefficient (Wildman–Crippen LogP) is 4.45. The lowest BCUT2D eigenvalue weighted by Crippen LogP contribution is -2.30. The minimum absolute atomic E-state index is 0.00763. The van der Waals surface area contributed by atoms with Gasteiger partial charge in [0.25, 0.3) is 5.91 Å². The molecule has 2 aromatic rings. The molecule has 0 aliphatic carbocycles. The van der Waals surface area contributed by atoms with Crippen molar-refractivity contribution >= 4 is 40.3 Å². The Hall–Kier alpha value is -2.11. The molecule has 25 heavy (non-hydrogen) atoms. The smallest absolute Gasteiger partial charge is 0.266 e. The van der Waals surface area contributed by atoms with Gasteiger partial charge in [0.1, 0.15) is 10.1 Å². The number of hydrogen-bond donors (Lipinski definition) is 0. The third kappa shape index (κ3) is 4.11. The third-order valence-electron chi connectivity index (χ3n) is 4.13. The van der Waals surface area contributed by atoms with Crippen molar-refractivity contribution in [1.29, 1.82) is 0 Å². The highest BCUT2D eigenvalue weighted by Crippen LogP contribution is 2.33. The summed E-state index contributed by atoms with van der Waals surface area (Å²) in [4.78, 5) is 15.1. The molecule has 2 aromatic carbocycles. The van der Waals surface area contributed by atoms with Crippen LogP contribution in [-0.4, -0.2) is 28.8 Å². The van der Waals surface area contributed by atoms with E-state index >= 15 is 0 Å². The predicted molar refractivity (Wildman–Crippen MR) is 108 cm³/mol. The maximum absolute atomic E-state index is 12.7. The minimum atomic E-state index is -0.00763. The topological polar surface area (TPSA) is 29.5 Å². The molecule has 1 heterocycles. The number of ether oxygens (including phenoxy) is 1. The SMILES string of the molecule is COc1ccc(CCN2C(=O)/C(=C/c3ccccc3C)SC2=S)cc1. The van der Waals surface area contributed by atoms with Crippen LogP contribution in [0.1, 0.15) is 16.7 Å². The molecule has 0 radical (unpaired) electrons. The average molecular weight is 370 g/mol. The monoisotopic (exact) mass is 369 g/mol. The number of hydrogen-bond acceptors (Lipinski definition) is 4. The number of carbonyl (C=O) groups is 1. The fraction of sp³-hybridized carbons (Fsp3) is 0.200. The molecule has 0 unspecified atom stereocenters. The first-order valence-corrected chi connectivity index (χ1v) is 9.25. The first-order valence-electron chi connectivity index (χ1n) is 8.02. The molecule has 0 atom stereocenters. The second-order valence-electron chi connectivity index (χ2n) is 5.79. The van der Waals surface area contributed by atoms with Crippen LogP contribution in [0.15, 0.2) is 53.4 Å². The van der Waals surface area contributed by atoms with Crippen molar-refractivity contribution in [1.82, 2.24) is 4.90 Å². The Bertz CT molecular complexity index is 828. The van der Waals surface area contributed by atoms with Gasteiger partial charge >= 0.3 is 0 Å². The highest BCUT2D eigenvalue weighted by Gasteiger charge is 2.31. The Kier molecular flexibility index (Phi) is 5.56. The second-order valence-corrected chi connectivity index (χ2v) is 7.46. The van der Waals surface area contributed by atoms with Crippen LogP contribution >= 0.6 is 24.0 Å². The van der Waals surface area contributed by atoms with Crippen molar-refractivity contribution in [2.75, 3.05) is 13.7 Å². The summed E-state index contributed by atoms with van der Waals surface area (Å²) in [6.45, 7) is 2.62. The van der Waals surface area contributed by atoms with Crippen LogP contribution in [0.25, 0.3) is 6.08 Å². The number of benzene rings is 2. The molecule has 128 valence electrons. The van der Waals surface area contributed by atoms with Gasteiger partial charge in [0, 0.05) is 6.54 Å². The summed E-state index contributed by atoms with van der Waals surface area (Å²) in [5, 5.41) is 0. The van der Waals surface area contributed by atoms with Gasteiger partial charge in [0.15, 0.2) is 0 Å². The van der Waals surface area contributed by atoms with Crippen LogP contribution in [-0.2, 0) is 11.2 Å². The number of aryl methyl sites for hydroxylation is 1. The van der Waals surface area contributed by atoms with Crippen molar-refractivity contribution in [3.05, 3.63) is 70.1 Å². The number of carbonyl (C=O) groups excluding carboxylic acids is 1. The first-order chi connectivity index (χ1) is 12.1. The zero-order valence-corrected chi connectivity index (χ0v) is 15.8. The Morgan fingerprint density at radius 1 is 1.16 bits per heavy atom. The average Bonchev–Trinajstić information content (AvgIpc) is 2.89. The van der Waals surface area contributed by atoms with Gasteiger partial charge in [-0.3, -0.25) is 9.69 Å². The van der Waals surface area contributed by atoms with Gasteiger partial charge in [-0.25, -0.2) is 0 Å². The van der Waals surface area contributed by atoms with Gasteiger partial charge < -0.3 is 4.74 Å². The summed E-state index contributed by atoms with van der Waals surface area (Å²) < 4.78 is 5.79. The molecule has 1 aliphatic heterocycles. The number of rotatable bonds is 5. The second kappa shape index (κ2) is 7.85. The summed E-state index contributed by atoms with van der Waals surface area (Å²) in [6, 6.07) is 15.9. The maximum Gasteiger partial charge on any atom is 0.266 e. The van der Waals surface area contributed by atoms with Gasteiger partial charge in [-0.15, -0.1) is 0 Å². The molecule has 0 saturated carbocycles. The quantitative estimate of drug-likeness (QED) is 0.575. The van der Waals surface area contributed by atoms with Gasteiger partial charge in [0.2, 0.25) is 0 Å². The van der Waals surface area contributed by atoms with Crippen molar-refractivity contribution in [2.45, 2.75) is 13.3 Å². The molecule has 1 fully saturated rings. The minimum Gasteiger partial charge on any atom is -0.497 e. The lowest BCUT2D eigenvalue weighted by molar-refractivity contribution is -0.122. The van der Waals surface area contributed by atoms with E-state index in [0.29, 0.717) is 15.8 Å². The normalized spacial score (nSPS) is 15.9. The van der Waals surface area contributed by atoms with Crippen LogP contribution < -0.4 is 4.74 Å². The van der Waals surface area contributed by atoms with Crippen molar-refractivity contribution in [3.8, 4) is 5.75 Å². The number of thioether (sulfide) groups is 1. The summed E-state index contributed by atoms with van der Waals surface area (Å²) >= 11 is 6.78. The van der Waals surface area contributed by atoms with Crippen molar-refractivity contribution in [2.24, 2.45) is 0 Å². The number of nitrogens with zero attached hydrogens (tertiary/aromatic N) is 1. The molecule has 0 aromatic heterocycles. The fourth-order valence-electron chi connectivity index (χ4n) is 2.62. The van der Waals surface area contributed by atoms with E-state index in [1.54, 1.807) is 12.0 Å². The van der Waals surface area contributed by atoms with E-state index in [2.05, 4.69) is 0 Å². The summed E-state index contributed by atoms with van der Waals surface area (Å²) in [7, 11) is 1.65. The van der Waals surface area contributed by atoms with Crippen molar-refractivity contribution in [3.63, 3.8) is 0 Å². The van der Waals surface area contributed by atoms with Crippen LogP contribution in [0.5, 0.6) is 5.75 Å². The highest BCUT2D eigenvalue weighted by atomic mass is 32.2. The molecule has 1 aliphatic rings. The van der Waals surface area contributed by atoms with E-state index in [-0.39, 0.29) is 5.91 Å².